The zero-order valence-corrected chi connectivity index (χ0v) is 18.5. The fraction of sp³-hybridized carbons (Fsp3) is 0.462. The van der Waals surface area contributed by atoms with Crippen LogP contribution < -0.4 is 10.1 Å². The zero-order valence-electron chi connectivity index (χ0n) is 18.5. The maximum Gasteiger partial charge on any atom is 0.233 e. The Kier molecular flexibility index (Phi) is 6.30. The van der Waals surface area contributed by atoms with E-state index in [1.54, 1.807) is 7.11 Å². The largest absolute Gasteiger partial charge is 0.497 e. The molecule has 31 heavy (non-hydrogen) atoms. The molecule has 0 radical (unpaired) electrons. The molecule has 0 spiro atoms. The minimum Gasteiger partial charge on any atom is -0.497 e. The number of aryl methyl sites for hydroxylation is 1. The van der Waals surface area contributed by atoms with Crippen molar-refractivity contribution < 1.29 is 14.3 Å². The number of amides is 2. The Morgan fingerprint density at radius 3 is 2.61 bits per heavy atom. The van der Waals surface area contributed by atoms with Crippen molar-refractivity contribution >= 4 is 17.5 Å². The first-order valence-corrected chi connectivity index (χ1v) is 11.3. The molecule has 5 heteroatoms. The van der Waals surface area contributed by atoms with E-state index < -0.39 is 0 Å². The first-order chi connectivity index (χ1) is 15.0. The highest BCUT2D eigenvalue weighted by Crippen LogP contribution is 2.50. The zero-order chi connectivity index (χ0) is 21.8. The molecule has 1 N–H and O–H groups in total. The molecule has 4 rings (SSSR count). The quantitative estimate of drug-likeness (QED) is 0.707. The van der Waals surface area contributed by atoms with Gasteiger partial charge >= 0.3 is 0 Å². The van der Waals surface area contributed by atoms with Crippen molar-refractivity contribution in [3.05, 3.63) is 59.7 Å². The molecule has 2 amide bonds. The summed E-state index contributed by atoms with van der Waals surface area (Å²) in [6, 6.07) is 15.9. The minimum atomic E-state index is -0.299. The number of benzene rings is 2. The van der Waals surface area contributed by atoms with Gasteiger partial charge in [0.1, 0.15) is 5.75 Å². The monoisotopic (exact) mass is 420 g/mol. The van der Waals surface area contributed by atoms with Crippen LogP contribution in [0.4, 0.5) is 5.69 Å². The van der Waals surface area contributed by atoms with E-state index in [4.69, 9.17) is 4.74 Å². The number of carbonyl (C=O) groups is 2. The number of nitrogens with zero attached hydrogens (tertiary/aromatic N) is 1. The van der Waals surface area contributed by atoms with Crippen LogP contribution in [0.15, 0.2) is 48.5 Å². The molecule has 1 atom stereocenters. The second-order valence-corrected chi connectivity index (χ2v) is 8.98. The van der Waals surface area contributed by atoms with Crippen molar-refractivity contribution in [1.82, 2.24) is 4.90 Å². The summed E-state index contributed by atoms with van der Waals surface area (Å²) in [5, 5.41) is 3.02. The number of methoxy groups -OCH3 is 1. The third kappa shape index (κ3) is 4.76. The smallest absolute Gasteiger partial charge is 0.233 e. The van der Waals surface area contributed by atoms with Gasteiger partial charge in [0, 0.05) is 25.2 Å². The van der Waals surface area contributed by atoms with Crippen LogP contribution >= 0.6 is 0 Å². The Labute approximate surface area is 184 Å². The highest BCUT2D eigenvalue weighted by molar-refractivity contribution is 5.92. The van der Waals surface area contributed by atoms with Gasteiger partial charge in [-0.2, -0.15) is 0 Å². The molecule has 2 aliphatic rings. The van der Waals surface area contributed by atoms with Gasteiger partial charge in [-0.3, -0.25) is 9.59 Å². The number of rotatable bonds is 7. The van der Waals surface area contributed by atoms with Gasteiger partial charge in [-0.25, -0.2) is 0 Å². The average molecular weight is 421 g/mol. The lowest BCUT2D eigenvalue weighted by atomic mass is 9.89. The Morgan fingerprint density at radius 1 is 1.16 bits per heavy atom. The topological polar surface area (TPSA) is 58.6 Å². The van der Waals surface area contributed by atoms with E-state index in [1.807, 2.05) is 43.3 Å². The fourth-order valence-electron chi connectivity index (χ4n) is 4.75. The molecule has 2 aromatic carbocycles. The van der Waals surface area contributed by atoms with Crippen molar-refractivity contribution in [2.24, 2.45) is 5.92 Å². The average Bonchev–Trinajstić information content (AvgIpc) is 3.61. The molecule has 5 nitrogen and oxygen atoms in total. The van der Waals surface area contributed by atoms with Gasteiger partial charge in [0.2, 0.25) is 11.8 Å². The molecule has 2 fully saturated rings. The highest BCUT2D eigenvalue weighted by atomic mass is 16.5. The van der Waals surface area contributed by atoms with Crippen LogP contribution in [0.1, 0.15) is 49.7 Å². The first kappa shape index (κ1) is 21.4. The molecule has 1 aliphatic carbocycles. The van der Waals surface area contributed by atoms with Crippen LogP contribution in [-0.4, -0.2) is 36.9 Å². The van der Waals surface area contributed by atoms with Gasteiger partial charge in [0.25, 0.3) is 0 Å². The van der Waals surface area contributed by atoms with Crippen LogP contribution in [-0.2, 0) is 15.0 Å². The van der Waals surface area contributed by atoms with Crippen LogP contribution in [0.5, 0.6) is 5.75 Å². The standard InChI is InChI=1S/C26H32N2O3/c1-19-17-22(31-2)11-12-23(19)27-24(29)13-10-20-7-6-16-28(18-20)25(30)26(14-15-26)21-8-4-3-5-9-21/h3-5,8-9,11-12,17,20H,6-7,10,13-16,18H2,1-2H3,(H,27,29)/t20-/m0/s1. The van der Waals surface area contributed by atoms with E-state index in [9.17, 15) is 9.59 Å². The van der Waals surface area contributed by atoms with E-state index in [-0.39, 0.29) is 17.2 Å². The number of anilines is 1. The molecule has 1 aliphatic heterocycles. The summed E-state index contributed by atoms with van der Waals surface area (Å²) in [6.07, 6.45) is 5.27. The van der Waals surface area contributed by atoms with E-state index >= 15 is 0 Å². The van der Waals surface area contributed by atoms with Crippen LogP contribution in [0.3, 0.4) is 0 Å². The summed E-state index contributed by atoms with van der Waals surface area (Å²) in [7, 11) is 1.64. The summed E-state index contributed by atoms with van der Waals surface area (Å²) in [6.45, 7) is 3.56. The van der Waals surface area contributed by atoms with Crippen molar-refractivity contribution in [3.8, 4) is 5.75 Å². The van der Waals surface area contributed by atoms with Crippen LogP contribution in [0.25, 0.3) is 0 Å². The maximum absolute atomic E-state index is 13.3. The molecule has 1 saturated heterocycles. The Hall–Kier alpha value is -2.82. The number of carbonyl (C=O) groups excluding carboxylic acids is 2. The molecule has 1 heterocycles. The Balaban J connectivity index is 1.30. The highest BCUT2D eigenvalue weighted by Gasteiger charge is 2.53. The molecule has 0 aromatic heterocycles. The first-order valence-electron chi connectivity index (χ1n) is 11.3. The lowest BCUT2D eigenvalue weighted by Crippen LogP contribution is -2.45. The van der Waals surface area contributed by atoms with Crippen molar-refractivity contribution in [1.29, 1.82) is 0 Å². The van der Waals surface area contributed by atoms with E-state index in [2.05, 4.69) is 22.3 Å². The van der Waals surface area contributed by atoms with Gasteiger partial charge in [0.05, 0.1) is 12.5 Å². The molecule has 2 aromatic rings. The number of ether oxygens (including phenoxy) is 1. The fourth-order valence-corrected chi connectivity index (χ4v) is 4.75. The maximum atomic E-state index is 13.3. The SMILES string of the molecule is COc1ccc(NC(=O)CC[C@@H]2CCCN(C(=O)C3(c4ccccc4)CC3)C2)c(C)c1. The predicted octanol–water partition coefficient (Wildman–Crippen LogP) is 4.69. The predicted molar refractivity (Wildman–Crippen MR) is 122 cm³/mol. The summed E-state index contributed by atoms with van der Waals surface area (Å²) in [4.78, 5) is 27.9. The Bertz CT molecular complexity index is 937. The molecule has 164 valence electrons. The van der Waals surface area contributed by atoms with Crippen LogP contribution in [0.2, 0.25) is 0 Å². The number of hydrogen-bond acceptors (Lipinski definition) is 3. The Morgan fingerprint density at radius 2 is 1.94 bits per heavy atom. The van der Waals surface area contributed by atoms with Gasteiger partial charge in [0.15, 0.2) is 0 Å². The number of hydrogen-bond donors (Lipinski definition) is 1. The normalized spacial score (nSPS) is 19.5. The molecular formula is C26H32N2O3. The van der Waals surface area contributed by atoms with Crippen molar-refractivity contribution in [3.63, 3.8) is 0 Å². The lowest BCUT2D eigenvalue weighted by Gasteiger charge is -2.35. The number of nitrogens with one attached hydrogen (secondary N) is 1. The summed E-state index contributed by atoms with van der Waals surface area (Å²) < 4.78 is 5.22. The van der Waals surface area contributed by atoms with Crippen molar-refractivity contribution in [2.45, 2.75) is 50.9 Å². The second-order valence-electron chi connectivity index (χ2n) is 8.98. The number of piperidine rings is 1. The summed E-state index contributed by atoms with van der Waals surface area (Å²) in [5.74, 6) is 1.47. The third-order valence-electron chi connectivity index (χ3n) is 6.78. The molecule has 0 unspecified atom stereocenters. The summed E-state index contributed by atoms with van der Waals surface area (Å²) >= 11 is 0. The molecular weight excluding hydrogens is 388 g/mol. The molecule has 1 saturated carbocycles. The lowest BCUT2D eigenvalue weighted by molar-refractivity contribution is -0.135. The van der Waals surface area contributed by atoms with Gasteiger partial charge < -0.3 is 15.0 Å². The third-order valence-corrected chi connectivity index (χ3v) is 6.78. The van der Waals surface area contributed by atoms with Gasteiger partial charge in [-0.15, -0.1) is 0 Å². The minimum absolute atomic E-state index is 0.0275. The van der Waals surface area contributed by atoms with E-state index in [0.717, 1.165) is 67.8 Å². The van der Waals surface area contributed by atoms with Crippen molar-refractivity contribution in [2.75, 3.05) is 25.5 Å². The molecule has 0 bridgehead atoms. The van der Waals surface area contributed by atoms with E-state index in [1.165, 1.54) is 0 Å². The second kappa shape index (κ2) is 9.13. The van der Waals surface area contributed by atoms with Gasteiger partial charge in [-0.1, -0.05) is 30.3 Å². The van der Waals surface area contributed by atoms with Gasteiger partial charge in [-0.05, 0) is 74.3 Å². The number of likely N-dealkylation sites (tertiary alicyclic amines) is 1. The summed E-state index contributed by atoms with van der Waals surface area (Å²) in [5.41, 5.74) is 2.66. The van der Waals surface area contributed by atoms with E-state index in [0.29, 0.717) is 12.3 Å². The van der Waals surface area contributed by atoms with Crippen LogP contribution in [0, 0.1) is 12.8 Å².